The van der Waals surface area contributed by atoms with Gasteiger partial charge in [-0.25, -0.2) is 4.79 Å². The fourth-order valence-corrected chi connectivity index (χ4v) is 2.97. The van der Waals surface area contributed by atoms with Gasteiger partial charge in [-0.15, -0.1) is 0 Å². The van der Waals surface area contributed by atoms with Crippen LogP contribution in [0.4, 0.5) is 4.79 Å². The molecule has 0 radical (unpaired) electrons. The normalized spacial score (nSPS) is 29.9. The molecule has 0 N–H and O–H groups in total. The van der Waals surface area contributed by atoms with Gasteiger partial charge in [0.2, 0.25) is 0 Å². The summed E-state index contributed by atoms with van der Waals surface area (Å²) >= 11 is 0. The van der Waals surface area contributed by atoms with Crippen molar-refractivity contribution >= 4 is 12.1 Å². The van der Waals surface area contributed by atoms with Crippen LogP contribution in [0, 0.1) is 0 Å². The SMILES string of the molecule is CC(=O)O[C@@H]1C=CC[C@@H]2[C@H]1OC(C)(C)N2C(=O)OC(C)(C)C. The lowest BCUT2D eigenvalue weighted by Crippen LogP contribution is -2.51. The van der Waals surface area contributed by atoms with Gasteiger partial charge in [0.25, 0.3) is 0 Å². The summed E-state index contributed by atoms with van der Waals surface area (Å²) < 4.78 is 16.8. The summed E-state index contributed by atoms with van der Waals surface area (Å²) in [6.45, 7) is 10.5. The minimum absolute atomic E-state index is 0.209. The van der Waals surface area contributed by atoms with E-state index in [1.54, 1.807) is 4.90 Å². The van der Waals surface area contributed by atoms with Crippen molar-refractivity contribution in [2.75, 3.05) is 0 Å². The zero-order chi connectivity index (χ0) is 16.7. The summed E-state index contributed by atoms with van der Waals surface area (Å²) in [5, 5.41) is 0. The molecule has 6 nitrogen and oxygen atoms in total. The summed E-state index contributed by atoms with van der Waals surface area (Å²) in [5.41, 5.74) is -1.40. The van der Waals surface area contributed by atoms with Gasteiger partial charge >= 0.3 is 12.1 Å². The van der Waals surface area contributed by atoms with Gasteiger partial charge in [0, 0.05) is 6.92 Å². The number of carbonyl (C=O) groups is 2. The van der Waals surface area contributed by atoms with Gasteiger partial charge < -0.3 is 14.2 Å². The molecule has 0 spiro atoms. The summed E-state index contributed by atoms with van der Waals surface area (Å²) in [6, 6.07) is -0.209. The molecular weight excluding hydrogens is 286 g/mol. The quantitative estimate of drug-likeness (QED) is 0.550. The van der Waals surface area contributed by atoms with Gasteiger partial charge in [-0.3, -0.25) is 9.69 Å². The first-order valence-electron chi connectivity index (χ1n) is 7.55. The fourth-order valence-electron chi connectivity index (χ4n) is 2.97. The minimum atomic E-state index is -0.817. The van der Waals surface area contributed by atoms with Crippen molar-refractivity contribution in [3.8, 4) is 0 Å². The molecular formula is C16H25NO5. The third-order valence-electron chi connectivity index (χ3n) is 3.63. The van der Waals surface area contributed by atoms with Crippen LogP contribution in [0.2, 0.25) is 0 Å². The number of ether oxygens (including phenoxy) is 3. The highest BCUT2D eigenvalue weighted by molar-refractivity contribution is 5.70. The molecule has 1 aliphatic carbocycles. The van der Waals surface area contributed by atoms with Crippen LogP contribution in [-0.4, -0.2) is 46.5 Å². The Bertz CT molecular complexity index is 491. The van der Waals surface area contributed by atoms with Gasteiger partial charge in [-0.05, 0) is 47.1 Å². The molecule has 1 fully saturated rings. The number of fused-ring (bicyclic) bond motifs is 1. The third kappa shape index (κ3) is 3.43. The highest BCUT2D eigenvalue weighted by Gasteiger charge is 2.54. The molecule has 2 rings (SSSR count). The van der Waals surface area contributed by atoms with Crippen molar-refractivity contribution in [3.63, 3.8) is 0 Å². The highest BCUT2D eigenvalue weighted by atomic mass is 16.6. The Morgan fingerprint density at radius 1 is 1.32 bits per heavy atom. The Labute approximate surface area is 131 Å². The lowest BCUT2D eigenvalue weighted by molar-refractivity contribution is -0.154. The minimum Gasteiger partial charge on any atom is -0.455 e. The molecule has 0 aromatic heterocycles. The monoisotopic (exact) mass is 311 g/mol. The van der Waals surface area contributed by atoms with Crippen molar-refractivity contribution in [3.05, 3.63) is 12.2 Å². The molecule has 1 amide bonds. The van der Waals surface area contributed by atoms with Crippen LogP contribution in [0.1, 0.15) is 48.0 Å². The number of nitrogens with zero attached hydrogens (tertiary/aromatic N) is 1. The number of hydrogen-bond acceptors (Lipinski definition) is 5. The van der Waals surface area contributed by atoms with E-state index in [2.05, 4.69) is 0 Å². The van der Waals surface area contributed by atoms with E-state index in [0.717, 1.165) is 0 Å². The van der Waals surface area contributed by atoms with Crippen LogP contribution >= 0.6 is 0 Å². The second-order valence-corrected chi connectivity index (χ2v) is 7.18. The van der Waals surface area contributed by atoms with Crippen LogP contribution in [0.25, 0.3) is 0 Å². The van der Waals surface area contributed by atoms with Crippen LogP contribution in [0.5, 0.6) is 0 Å². The van der Waals surface area contributed by atoms with Gasteiger partial charge in [0.1, 0.15) is 23.5 Å². The third-order valence-corrected chi connectivity index (χ3v) is 3.63. The summed E-state index contributed by atoms with van der Waals surface area (Å²) in [6.07, 6.45) is 3.10. The van der Waals surface area contributed by atoms with Crippen molar-refractivity contribution < 1.29 is 23.8 Å². The van der Waals surface area contributed by atoms with E-state index in [9.17, 15) is 9.59 Å². The highest BCUT2D eigenvalue weighted by Crippen LogP contribution is 2.39. The molecule has 0 unspecified atom stereocenters. The molecule has 124 valence electrons. The van der Waals surface area contributed by atoms with E-state index in [-0.39, 0.29) is 18.1 Å². The first kappa shape index (κ1) is 16.8. The van der Waals surface area contributed by atoms with E-state index in [0.29, 0.717) is 6.42 Å². The van der Waals surface area contributed by atoms with Crippen LogP contribution in [0.15, 0.2) is 12.2 Å². The van der Waals surface area contributed by atoms with Gasteiger partial charge in [-0.2, -0.15) is 0 Å². The molecule has 1 heterocycles. The number of carbonyl (C=O) groups excluding carboxylic acids is 2. The average Bonchev–Trinajstić information content (AvgIpc) is 2.57. The molecule has 0 bridgehead atoms. The van der Waals surface area contributed by atoms with Crippen LogP contribution in [0.3, 0.4) is 0 Å². The summed E-state index contributed by atoms with van der Waals surface area (Å²) in [4.78, 5) is 25.4. The maximum absolute atomic E-state index is 12.6. The van der Waals surface area contributed by atoms with Crippen LogP contribution in [-0.2, 0) is 19.0 Å². The molecule has 2 aliphatic rings. The predicted molar refractivity (Wildman–Crippen MR) is 80.1 cm³/mol. The number of esters is 1. The Balaban J connectivity index is 2.23. The molecule has 0 saturated carbocycles. The first-order chi connectivity index (χ1) is 10.0. The summed E-state index contributed by atoms with van der Waals surface area (Å²) in [5.74, 6) is -0.368. The average molecular weight is 311 g/mol. The number of amides is 1. The van der Waals surface area contributed by atoms with Crippen molar-refractivity contribution in [1.82, 2.24) is 4.90 Å². The van der Waals surface area contributed by atoms with Gasteiger partial charge in [0.05, 0.1) is 6.04 Å². The molecule has 0 aromatic carbocycles. The van der Waals surface area contributed by atoms with Gasteiger partial charge in [-0.1, -0.05) is 6.08 Å². The lowest BCUT2D eigenvalue weighted by Gasteiger charge is -2.35. The maximum atomic E-state index is 12.6. The molecule has 1 saturated heterocycles. The van der Waals surface area contributed by atoms with Gasteiger partial charge in [0.15, 0.2) is 0 Å². The molecule has 0 aromatic rings. The summed E-state index contributed by atoms with van der Waals surface area (Å²) in [7, 11) is 0. The Morgan fingerprint density at radius 2 is 1.95 bits per heavy atom. The van der Waals surface area contributed by atoms with E-state index in [1.165, 1.54) is 6.92 Å². The topological polar surface area (TPSA) is 65.1 Å². The fraction of sp³-hybridized carbons (Fsp3) is 0.750. The molecule has 1 aliphatic heterocycles. The van der Waals surface area contributed by atoms with E-state index < -0.39 is 23.5 Å². The Kier molecular flexibility index (Phi) is 4.26. The van der Waals surface area contributed by atoms with Crippen LogP contribution < -0.4 is 0 Å². The van der Waals surface area contributed by atoms with E-state index in [4.69, 9.17) is 14.2 Å². The molecule has 6 heteroatoms. The molecule has 22 heavy (non-hydrogen) atoms. The van der Waals surface area contributed by atoms with Crippen molar-refractivity contribution in [2.45, 2.75) is 77.5 Å². The molecule has 3 atom stereocenters. The second kappa shape index (κ2) is 5.57. The second-order valence-electron chi connectivity index (χ2n) is 7.18. The predicted octanol–water partition coefficient (Wildman–Crippen LogP) is 2.62. The smallest absolute Gasteiger partial charge is 0.412 e. The van der Waals surface area contributed by atoms with Crippen molar-refractivity contribution in [2.24, 2.45) is 0 Å². The first-order valence-corrected chi connectivity index (χ1v) is 7.55. The number of hydrogen-bond donors (Lipinski definition) is 0. The lowest BCUT2D eigenvalue weighted by atomic mass is 9.95. The van der Waals surface area contributed by atoms with E-state index >= 15 is 0 Å². The maximum Gasteiger partial charge on any atom is 0.412 e. The zero-order valence-corrected chi connectivity index (χ0v) is 14.1. The van der Waals surface area contributed by atoms with E-state index in [1.807, 2.05) is 46.8 Å². The standard InChI is InChI=1S/C16H25NO5/c1-10(18)20-12-9-7-8-11-13(12)21-16(5,6)17(11)14(19)22-15(2,3)4/h7,9,11-13H,8H2,1-6H3/t11-,12-,13-/m1/s1. The zero-order valence-electron chi connectivity index (χ0n) is 14.1. The van der Waals surface area contributed by atoms with Crippen molar-refractivity contribution in [1.29, 1.82) is 0 Å². The Hall–Kier alpha value is -1.56. The Morgan fingerprint density at radius 3 is 2.50 bits per heavy atom. The number of rotatable bonds is 1. The largest absolute Gasteiger partial charge is 0.455 e.